The molecular formula is C27H28N2O3S. The Balaban J connectivity index is 1.52. The van der Waals surface area contributed by atoms with Crippen molar-refractivity contribution in [3.63, 3.8) is 0 Å². The number of hydrogen-bond donors (Lipinski definition) is 1. The number of nitrogens with one attached hydrogen (secondary N) is 1. The first-order valence-corrected chi connectivity index (χ1v) is 12.4. The molecule has 2 amide bonds. The minimum absolute atomic E-state index is 0.0488. The van der Waals surface area contributed by atoms with Crippen LogP contribution in [0.1, 0.15) is 64.0 Å². The number of benzene rings is 2. The number of carbonyl (C=O) groups is 2. The van der Waals surface area contributed by atoms with Gasteiger partial charge in [-0.15, -0.1) is 11.3 Å². The smallest absolute Gasteiger partial charge is 0.254 e. The number of methoxy groups -OCH3 is 1. The van der Waals surface area contributed by atoms with Gasteiger partial charge in [-0.1, -0.05) is 49.2 Å². The molecule has 2 heterocycles. The fraction of sp³-hybridized carbons (Fsp3) is 0.333. The number of carbonyl (C=O) groups excluding carboxylic acids is 2. The minimum Gasteiger partial charge on any atom is -0.497 e. The number of hydrogen-bond acceptors (Lipinski definition) is 4. The number of rotatable bonds is 6. The van der Waals surface area contributed by atoms with E-state index in [9.17, 15) is 9.59 Å². The first-order valence-electron chi connectivity index (χ1n) is 11.5. The van der Waals surface area contributed by atoms with E-state index in [0.29, 0.717) is 12.1 Å². The van der Waals surface area contributed by atoms with Gasteiger partial charge in [0.15, 0.2) is 0 Å². The molecule has 0 saturated heterocycles. The van der Waals surface area contributed by atoms with Crippen LogP contribution in [0.5, 0.6) is 5.75 Å². The van der Waals surface area contributed by atoms with Crippen molar-refractivity contribution in [3.05, 3.63) is 87.6 Å². The summed E-state index contributed by atoms with van der Waals surface area (Å²) in [6.45, 7) is 0.406. The standard InChI is InChI=1S/C27H28N2O3S/c1-32-20-11-6-8-18(16-20)17-28-26(30)24-21-12-4-5-13-22(21)27(31)29(19-9-2-3-10-19)25(24)23-14-7-15-33-23/h4-8,11-16,19,24-25H,2-3,9-10,17H2,1H3,(H,28,30). The Bertz CT molecular complexity index is 1140. The maximum Gasteiger partial charge on any atom is 0.254 e. The summed E-state index contributed by atoms with van der Waals surface area (Å²) >= 11 is 1.62. The highest BCUT2D eigenvalue weighted by Crippen LogP contribution is 2.47. The molecule has 0 spiro atoms. The Labute approximate surface area is 198 Å². The third-order valence-electron chi connectivity index (χ3n) is 6.81. The van der Waals surface area contributed by atoms with Crippen LogP contribution < -0.4 is 10.1 Å². The van der Waals surface area contributed by atoms with Crippen molar-refractivity contribution in [2.45, 2.75) is 50.2 Å². The number of nitrogens with zero attached hydrogens (tertiary/aromatic N) is 1. The van der Waals surface area contributed by atoms with E-state index in [1.165, 1.54) is 0 Å². The third-order valence-corrected chi connectivity index (χ3v) is 7.76. The first-order chi connectivity index (χ1) is 16.2. The van der Waals surface area contributed by atoms with E-state index in [-0.39, 0.29) is 23.9 Å². The van der Waals surface area contributed by atoms with Crippen LogP contribution in [-0.2, 0) is 11.3 Å². The molecule has 1 aromatic heterocycles. The number of thiophene rings is 1. The summed E-state index contributed by atoms with van der Waals surface area (Å²) in [4.78, 5) is 30.6. The molecule has 33 heavy (non-hydrogen) atoms. The molecule has 1 fully saturated rings. The third kappa shape index (κ3) is 4.15. The summed E-state index contributed by atoms with van der Waals surface area (Å²) < 4.78 is 5.32. The number of fused-ring (bicyclic) bond motifs is 1. The van der Waals surface area contributed by atoms with E-state index in [4.69, 9.17) is 4.74 Å². The SMILES string of the molecule is COc1cccc(CNC(=O)C2c3ccccc3C(=O)N(C3CCCC3)C2c2cccs2)c1. The molecule has 2 aliphatic rings. The lowest BCUT2D eigenvalue weighted by Crippen LogP contribution is -2.50. The first kappa shape index (κ1) is 21.7. The molecule has 170 valence electrons. The van der Waals surface area contributed by atoms with Crippen molar-refractivity contribution in [3.8, 4) is 5.75 Å². The topological polar surface area (TPSA) is 58.6 Å². The normalized spacial score (nSPS) is 20.5. The molecule has 0 bridgehead atoms. The molecule has 5 rings (SSSR count). The van der Waals surface area contributed by atoms with Crippen LogP contribution in [0.2, 0.25) is 0 Å². The maximum atomic E-state index is 13.8. The van der Waals surface area contributed by atoms with E-state index < -0.39 is 5.92 Å². The van der Waals surface area contributed by atoms with Gasteiger partial charge in [0.25, 0.3) is 5.91 Å². The zero-order chi connectivity index (χ0) is 22.8. The molecule has 2 aromatic carbocycles. The van der Waals surface area contributed by atoms with Crippen LogP contribution in [0.3, 0.4) is 0 Å². The second-order valence-corrected chi connectivity index (χ2v) is 9.72. The van der Waals surface area contributed by atoms with E-state index >= 15 is 0 Å². The molecule has 1 saturated carbocycles. The van der Waals surface area contributed by atoms with Crippen LogP contribution in [0, 0.1) is 0 Å². The van der Waals surface area contributed by atoms with E-state index in [2.05, 4.69) is 11.4 Å². The molecule has 1 aliphatic carbocycles. The summed E-state index contributed by atoms with van der Waals surface area (Å²) in [6, 6.07) is 19.3. The van der Waals surface area contributed by atoms with Crippen molar-refractivity contribution < 1.29 is 14.3 Å². The van der Waals surface area contributed by atoms with E-state index in [1.54, 1.807) is 18.4 Å². The van der Waals surface area contributed by atoms with Crippen molar-refractivity contribution in [2.24, 2.45) is 0 Å². The Hall–Kier alpha value is -3.12. The van der Waals surface area contributed by atoms with Gasteiger partial charge in [0.05, 0.1) is 19.1 Å². The molecular weight excluding hydrogens is 432 g/mol. The van der Waals surface area contributed by atoms with Crippen LogP contribution in [0.4, 0.5) is 0 Å². The predicted molar refractivity (Wildman–Crippen MR) is 130 cm³/mol. The van der Waals surface area contributed by atoms with E-state index in [1.807, 2.05) is 64.9 Å². The molecule has 6 heteroatoms. The van der Waals surface area contributed by atoms with Crippen molar-refractivity contribution >= 4 is 23.2 Å². The second kappa shape index (κ2) is 9.40. The van der Waals surface area contributed by atoms with Gasteiger partial charge in [-0.25, -0.2) is 0 Å². The van der Waals surface area contributed by atoms with Gasteiger partial charge in [0.1, 0.15) is 5.75 Å². The Kier molecular flexibility index (Phi) is 6.18. The second-order valence-electron chi connectivity index (χ2n) is 8.75. The van der Waals surface area contributed by atoms with Crippen LogP contribution >= 0.6 is 11.3 Å². The minimum atomic E-state index is -0.455. The summed E-state index contributed by atoms with van der Waals surface area (Å²) in [7, 11) is 1.64. The summed E-state index contributed by atoms with van der Waals surface area (Å²) in [5, 5.41) is 5.18. The average molecular weight is 461 g/mol. The van der Waals surface area contributed by atoms with Gasteiger partial charge in [-0.2, -0.15) is 0 Å². The van der Waals surface area contributed by atoms with Crippen LogP contribution in [0.15, 0.2) is 66.0 Å². The lowest BCUT2D eigenvalue weighted by molar-refractivity contribution is -0.124. The quantitative estimate of drug-likeness (QED) is 0.543. The van der Waals surface area contributed by atoms with Crippen molar-refractivity contribution in [1.29, 1.82) is 0 Å². The molecule has 2 atom stereocenters. The van der Waals surface area contributed by atoms with E-state index in [0.717, 1.165) is 47.4 Å². The van der Waals surface area contributed by atoms with Crippen LogP contribution in [0.25, 0.3) is 0 Å². The van der Waals surface area contributed by atoms with Gasteiger partial charge < -0.3 is 15.0 Å². The maximum absolute atomic E-state index is 13.8. The highest BCUT2D eigenvalue weighted by molar-refractivity contribution is 7.10. The lowest BCUT2D eigenvalue weighted by atomic mass is 9.80. The van der Waals surface area contributed by atoms with Gasteiger partial charge in [-0.3, -0.25) is 9.59 Å². The van der Waals surface area contributed by atoms with Gasteiger partial charge >= 0.3 is 0 Å². The van der Waals surface area contributed by atoms with Gasteiger partial charge in [-0.05, 0) is 53.6 Å². The molecule has 3 aromatic rings. The summed E-state index contributed by atoms with van der Waals surface area (Å²) in [6.07, 6.45) is 4.24. The molecule has 5 nitrogen and oxygen atoms in total. The lowest BCUT2D eigenvalue weighted by Gasteiger charge is -2.44. The predicted octanol–water partition coefficient (Wildman–Crippen LogP) is 5.30. The average Bonchev–Trinajstić information content (AvgIpc) is 3.57. The van der Waals surface area contributed by atoms with Gasteiger partial charge in [0, 0.05) is 23.0 Å². The molecule has 2 unspecified atom stereocenters. The fourth-order valence-corrected chi connectivity index (χ4v) is 6.12. The molecule has 1 aliphatic heterocycles. The monoisotopic (exact) mass is 460 g/mol. The van der Waals surface area contributed by atoms with Crippen molar-refractivity contribution in [1.82, 2.24) is 10.2 Å². The Morgan fingerprint density at radius 1 is 1.09 bits per heavy atom. The molecule has 0 radical (unpaired) electrons. The summed E-state index contributed by atoms with van der Waals surface area (Å²) in [5.74, 6) is 0.301. The van der Waals surface area contributed by atoms with Gasteiger partial charge in [0.2, 0.25) is 5.91 Å². The number of ether oxygens (including phenoxy) is 1. The summed E-state index contributed by atoms with van der Waals surface area (Å²) in [5.41, 5.74) is 2.44. The largest absolute Gasteiger partial charge is 0.497 e. The number of amides is 2. The highest BCUT2D eigenvalue weighted by Gasteiger charge is 2.47. The van der Waals surface area contributed by atoms with Crippen molar-refractivity contribution in [2.75, 3.05) is 7.11 Å². The Morgan fingerprint density at radius 3 is 2.67 bits per heavy atom. The zero-order valence-electron chi connectivity index (χ0n) is 18.7. The van der Waals surface area contributed by atoms with Crippen LogP contribution in [-0.4, -0.2) is 29.9 Å². The Morgan fingerprint density at radius 2 is 1.91 bits per heavy atom. The fourth-order valence-electron chi connectivity index (χ4n) is 5.26. The highest BCUT2D eigenvalue weighted by atomic mass is 32.1. The zero-order valence-corrected chi connectivity index (χ0v) is 19.5. The molecule has 1 N–H and O–H groups in total.